The fourth-order valence-corrected chi connectivity index (χ4v) is 4.11. The summed E-state index contributed by atoms with van der Waals surface area (Å²) in [6.45, 7) is 0. The molecule has 1 rings (SSSR count). The molecule has 0 heterocycles. The van der Waals surface area contributed by atoms with E-state index in [1.165, 1.54) is 0 Å². The zero-order chi connectivity index (χ0) is 15.2. The molecule has 3 N–H and O–H groups in total. The SMILES string of the molecule is O=C(O)CCC(OP(=O)(O)CC1CCCCC1)C(=O)O. The molecule has 0 amide bonds. The first kappa shape index (κ1) is 17.1. The summed E-state index contributed by atoms with van der Waals surface area (Å²) in [7, 11) is -4.00. The summed E-state index contributed by atoms with van der Waals surface area (Å²) in [6.07, 6.45) is 2.48. The quantitative estimate of drug-likeness (QED) is 0.587. The molecule has 20 heavy (non-hydrogen) atoms. The average molecular weight is 308 g/mol. The Morgan fingerprint density at radius 3 is 2.30 bits per heavy atom. The van der Waals surface area contributed by atoms with Crippen molar-refractivity contribution in [2.45, 2.75) is 51.0 Å². The molecule has 0 aromatic carbocycles. The maximum atomic E-state index is 12.0. The second-order valence-corrected chi connectivity index (χ2v) is 7.04. The van der Waals surface area contributed by atoms with Crippen molar-refractivity contribution in [3.63, 3.8) is 0 Å². The average Bonchev–Trinajstić information content (AvgIpc) is 2.34. The van der Waals surface area contributed by atoms with Crippen molar-refractivity contribution in [2.24, 2.45) is 5.92 Å². The Morgan fingerprint density at radius 2 is 1.80 bits per heavy atom. The minimum absolute atomic E-state index is 0.0517. The molecule has 0 aliphatic heterocycles. The van der Waals surface area contributed by atoms with Gasteiger partial charge in [-0.25, -0.2) is 4.79 Å². The molecule has 2 unspecified atom stereocenters. The largest absolute Gasteiger partial charge is 0.481 e. The third-order valence-electron chi connectivity index (χ3n) is 3.40. The van der Waals surface area contributed by atoms with Crippen molar-refractivity contribution in [3.8, 4) is 0 Å². The molecule has 8 heteroatoms. The normalized spacial score (nSPS) is 21.1. The lowest BCUT2D eigenvalue weighted by molar-refractivity contribution is -0.146. The smallest absolute Gasteiger partial charge is 0.333 e. The van der Waals surface area contributed by atoms with Gasteiger partial charge in [-0.1, -0.05) is 19.3 Å². The number of carbonyl (C=O) groups is 2. The van der Waals surface area contributed by atoms with Crippen LogP contribution in [0.3, 0.4) is 0 Å². The molecule has 0 aromatic heterocycles. The van der Waals surface area contributed by atoms with Crippen LogP contribution in [-0.2, 0) is 18.7 Å². The van der Waals surface area contributed by atoms with Crippen LogP contribution in [0.5, 0.6) is 0 Å². The Labute approximate surface area is 117 Å². The molecule has 0 spiro atoms. The maximum absolute atomic E-state index is 12.0. The summed E-state index contributed by atoms with van der Waals surface area (Å²) >= 11 is 0. The Hall–Kier alpha value is -0.910. The molecule has 2 atom stereocenters. The highest BCUT2D eigenvalue weighted by atomic mass is 31.2. The van der Waals surface area contributed by atoms with Crippen LogP contribution in [0, 0.1) is 5.92 Å². The first-order chi connectivity index (χ1) is 9.30. The molecule has 1 fully saturated rings. The van der Waals surface area contributed by atoms with Crippen LogP contribution >= 0.6 is 7.60 Å². The maximum Gasteiger partial charge on any atom is 0.333 e. The Bertz CT molecular complexity index is 389. The van der Waals surface area contributed by atoms with Gasteiger partial charge >= 0.3 is 19.5 Å². The van der Waals surface area contributed by atoms with Gasteiger partial charge in [-0.05, 0) is 25.2 Å². The van der Waals surface area contributed by atoms with Crippen molar-refractivity contribution in [3.05, 3.63) is 0 Å². The summed E-state index contributed by atoms with van der Waals surface area (Å²) in [6, 6.07) is 0. The third kappa shape index (κ3) is 6.50. The van der Waals surface area contributed by atoms with Crippen molar-refractivity contribution < 1.29 is 33.8 Å². The van der Waals surface area contributed by atoms with E-state index in [0.29, 0.717) is 0 Å². The van der Waals surface area contributed by atoms with Gasteiger partial charge in [-0.3, -0.25) is 13.9 Å². The van der Waals surface area contributed by atoms with Crippen LogP contribution in [0.2, 0.25) is 0 Å². The van der Waals surface area contributed by atoms with E-state index in [1.54, 1.807) is 0 Å². The van der Waals surface area contributed by atoms with E-state index >= 15 is 0 Å². The third-order valence-corrected chi connectivity index (χ3v) is 4.96. The van der Waals surface area contributed by atoms with Gasteiger partial charge in [0, 0.05) is 6.42 Å². The van der Waals surface area contributed by atoms with Gasteiger partial charge in [-0.2, -0.15) is 0 Å². The van der Waals surface area contributed by atoms with Gasteiger partial charge in [-0.15, -0.1) is 0 Å². The van der Waals surface area contributed by atoms with Gasteiger partial charge in [0.05, 0.1) is 6.16 Å². The van der Waals surface area contributed by atoms with E-state index < -0.39 is 32.1 Å². The molecule has 0 radical (unpaired) electrons. The number of carboxylic acid groups (broad SMARTS) is 2. The summed E-state index contributed by atoms with van der Waals surface area (Å²) in [4.78, 5) is 31.1. The highest BCUT2D eigenvalue weighted by molar-refractivity contribution is 7.52. The van der Waals surface area contributed by atoms with Crippen molar-refractivity contribution in [1.29, 1.82) is 0 Å². The topological polar surface area (TPSA) is 121 Å². The molecular formula is C12H21O7P. The van der Waals surface area contributed by atoms with E-state index in [1.807, 2.05) is 0 Å². The summed E-state index contributed by atoms with van der Waals surface area (Å²) in [5.41, 5.74) is 0. The van der Waals surface area contributed by atoms with Crippen molar-refractivity contribution in [2.75, 3.05) is 6.16 Å². The number of carboxylic acids is 2. The second kappa shape index (κ2) is 7.76. The Morgan fingerprint density at radius 1 is 1.20 bits per heavy atom. The summed E-state index contributed by atoms with van der Waals surface area (Å²) < 4.78 is 16.8. The molecule has 1 saturated carbocycles. The van der Waals surface area contributed by atoms with E-state index in [9.17, 15) is 19.0 Å². The molecule has 0 aromatic rings. The molecular weight excluding hydrogens is 287 g/mol. The van der Waals surface area contributed by atoms with Gasteiger partial charge in [0.2, 0.25) is 0 Å². The van der Waals surface area contributed by atoms with Gasteiger partial charge in [0.15, 0.2) is 6.10 Å². The van der Waals surface area contributed by atoms with Crippen LogP contribution in [0.15, 0.2) is 0 Å². The van der Waals surface area contributed by atoms with E-state index in [0.717, 1.165) is 32.1 Å². The monoisotopic (exact) mass is 308 g/mol. The predicted molar refractivity (Wildman–Crippen MR) is 70.6 cm³/mol. The number of rotatable bonds is 8. The van der Waals surface area contributed by atoms with Gasteiger partial charge in [0.25, 0.3) is 0 Å². The first-order valence-electron chi connectivity index (χ1n) is 6.75. The van der Waals surface area contributed by atoms with Gasteiger partial charge in [0.1, 0.15) is 0 Å². The lowest BCUT2D eigenvalue weighted by Gasteiger charge is -2.25. The minimum Gasteiger partial charge on any atom is -0.481 e. The van der Waals surface area contributed by atoms with E-state index in [4.69, 9.17) is 14.7 Å². The molecule has 1 aliphatic carbocycles. The van der Waals surface area contributed by atoms with Crippen LogP contribution in [0.1, 0.15) is 44.9 Å². The fourth-order valence-electron chi connectivity index (χ4n) is 2.41. The standard InChI is InChI=1S/C12H21O7P/c13-11(14)7-6-10(12(15)16)19-20(17,18)8-9-4-2-1-3-5-9/h9-10H,1-8H2,(H,13,14)(H,15,16)(H,17,18). The van der Waals surface area contributed by atoms with Crippen LogP contribution < -0.4 is 0 Å². The van der Waals surface area contributed by atoms with Crippen LogP contribution in [-0.4, -0.2) is 39.3 Å². The lowest BCUT2D eigenvalue weighted by atomic mass is 9.91. The van der Waals surface area contributed by atoms with Crippen molar-refractivity contribution >= 4 is 19.5 Å². The second-order valence-electron chi connectivity index (χ2n) is 5.19. The number of aliphatic carboxylic acids is 2. The first-order valence-corrected chi connectivity index (χ1v) is 8.51. The molecule has 116 valence electrons. The Kier molecular flexibility index (Phi) is 6.65. The minimum atomic E-state index is -4.00. The summed E-state index contributed by atoms with van der Waals surface area (Å²) in [5, 5.41) is 17.4. The van der Waals surface area contributed by atoms with E-state index in [-0.39, 0.29) is 18.5 Å². The Balaban J connectivity index is 2.53. The molecule has 7 nitrogen and oxygen atoms in total. The zero-order valence-electron chi connectivity index (χ0n) is 11.2. The van der Waals surface area contributed by atoms with E-state index in [2.05, 4.69) is 0 Å². The highest BCUT2D eigenvalue weighted by Crippen LogP contribution is 2.48. The predicted octanol–water partition coefficient (Wildman–Crippen LogP) is 2.09. The highest BCUT2D eigenvalue weighted by Gasteiger charge is 2.32. The summed E-state index contributed by atoms with van der Waals surface area (Å²) in [5.74, 6) is -2.50. The van der Waals surface area contributed by atoms with Gasteiger partial charge < -0.3 is 15.1 Å². The zero-order valence-corrected chi connectivity index (χ0v) is 12.1. The van der Waals surface area contributed by atoms with Crippen LogP contribution in [0.25, 0.3) is 0 Å². The molecule has 0 saturated heterocycles. The fraction of sp³-hybridized carbons (Fsp3) is 0.833. The van der Waals surface area contributed by atoms with Crippen molar-refractivity contribution in [1.82, 2.24) is 0 Å². The molecule has 0 bridgehead atoms. The lowest BCUT2D eigenvalue weighted by Crippen LogP contribution is -2.25. The number of hydrogen-bond donors (Lipinski definition) is 3. The van der Waals surface area contributed by atoms with Crippen LogP contribution in [0.4, 0.5) is 0 Å². The molecule has 1 aliphatic rings. The number of hydrogen-bond acceptors (Lipinski definition) is 4.